The Morgan fingerprint density at radius 3 is 1.65 bits per heavy atom. The van der Waals surface area contributed by atoms with E-state index in [1.807, 2.05) is 18.2 Å². The number of benzene rings is 8. The summed E-state index contributed by atoms with van der Waals surface area (Å²) < 4.78 is 11.1. The predicted molar refractivity (Wildman–Crippen MR) is 226 cm³/mol. The molecule has 12 aromatic rings. The number of nitrogens with zero attached hydrogens (tertiary/aromatic N) is 4. The van der Waals surface area contributed by atoms with E-state index in [1.54, 1.807) is 0 Å². The van der Waals surface area contributed by atoms with Gasteiger partial charge in [0.2, 0.25) is 5.95 Å². The van der Waals surface area contributed by atoms with Gasteiger partial charge < -0.3 is 8.98 Å². The van der Waals surface area contributed by atoms with E-state index in [0.29, 0.717) is 5.95 Å². The molecule has 256 valence electrons. The topological polar surface area (TPSA) is 48.8 Å². The number of rotatable bonds is 4. The first-order valence-corrected chi connectivity index (χ1v) is 18.6. The Bertz CT molecular complexity index is 3480. The van der Waals surface area contributed by atoms with E-state index in [0.717, 1.165) is 77.2 Å². The fraction of sp³-hybridized carbons (Fsp3) is 0. The molecule has 0 N–H and O–H groups in total. The van der Waals surface area contributed by atoms with Gasteiger partial charge in [0.25, 0.3) is 0 Å². The molecule has 0 spiro atoms. The highest BCUT2D eigenvalue weighted by atomic mass is 16.3. The van der Waals surface area contributed by atoms with E-state index in [-0.39, 0.29) is 0 Å². The minimum absolute atomic E-state index is 0.621. The quantitative estimate of drug-likeness (QED) is 0.183. The second-order valence-electron chi connectivity index (χ2n) is 14.2. The number of fused-ring (bicyclic) bond motifs is 11. The van der Waals surface area contributed by atoms with Crippen LogP contribution in [0.2, 0.25) is 0 Å². The van der Waals surface area contributed by atoms with Crippen LogP contribution >= 0.6 is 0 Å². The van der Waals surface area contributed by atoms with Crippen molar-refractivity contribution in [1.29, 1.82) is 0 Å². The number of para-hydroxylation sites is 4. The summed E-state index contributed by atoms with van der Waals surface area (Å²) in [6, 6.07) is 64.3. The second-order valence-corrected chi connectivity index (χ2v) is 14.2. The molecule has 0 unspecified atom stereocenters. The summed E-state index contributed by atoms with van der Waals surface area (Å²) in [5.41, 5.74) is 12.3. The van der Waals surface area contributed by atoms with Crippen LogP contribution in [-0.2, 0) is 0 Å². The van der Waals surface area contributed by atoms with Crippen LogP contribution in [0.3, 0.4) is 0 Å². The van der Waals surface area contributed by atoms with Crippen LogP contribution in [0.15, 0.2) is 186 Å². The summed E-state index contributed by atoms with van der Waals surface area (Å²) in [5.74, 6) is 0.621. The molecule has 8 aromatic carbocycles. The maximum Gasteiger partial charge on any atom is 0.235 e. The van der Waals surface area contributed by atoms with E-state index in [2.05, 4.69) is 173 Å². The van der Waals surface area contributed by atoms with Gasteiger partial charge in [-0.15, -0.1) is 0 Å². The van der Waals surface area contributed by atoms with Gasteiger partial charge in [-0.05, 0) is 77.9 Å². The van der Waals surface area contributed by atoms with E-state index >= 15 is 0 Å². The monoisotopic (exact) mass is 702 g/mol. The van der Waals surface area contributed by atoms with Gasteiger partial charge in [0.15, 0.2) is 0 Å². The van der Waals surface area contributed by atoms with Crippen LogP contribution in [0.5, 0.6) is 0 Å². The van der Waals surface area contributed by atoms with Crippen molar-refractivity contribution in [3.63, 3.8) is 0 Å². The molecule has 4 heterocycles. The number of aromatic nitrogens is 4. The van der Waals surface area contributed by atoms with E-state index in [4.69, 9.17) is 14.4 Å². The molecular weight excluding hydrogens is 673 g/mol. The van der Waals surface area contributed by atoms with Crippen LogP contribution < -0.4 is 0 Å². The molecule has 0 bridgehead atoms. The molecule has 55 heavy (non-hydrogen) atoms. The van der Waals surface area contributed by atoms with Crippen molar-refractivity contribution in [2.75, 3.05) is 0 Å². The Morgan fingerprint density at radius 2 is 0.945 bits per heavy atom. The third-order valence-corrected chi connectivity index (χ3v) is 11.1. The van der Waals surface area contributed by atoms with Crippen LogP contribution in [-0.4, -0.2) is 19.1 Å². The lowest BCUT2D eigenvalue weighted by atomic mass is 10.0. The maximum atomic E-state index is 6.54. The van der Waals surface area contributed by atoms with Crippen molar-refractivity contribution >= 4 is 76.5 Å². The average molecular weight is 703 g/mol. The van der Waals surface area contributed by atoms with Crippen molar-refractivity contribution in [3.05, 3.63) is 182 Å². The Labute approximate surface area is 315 Å². The minimum Gasteiger partial charge on any atom is -0.455 e. The largest absolute Gasteiger partial charge is 0.455 e. The molecule has 0 aliphatic rings. The van der Waals surface area contributed by atoms with Crippen LogP contribution in [0, 0.1) is 0 Å². The molecule has 0 radical (unpaired) electrons. The van der Waals surface area contributed by atoms with Gasteiger partial charge in [0.05, 0.1) is 38.7 Å². The molecule has 4 aromatic heterocycles. The molecule has 12 rings (SSSR count). The predicted octanol–water partition coefficient (Wildman–Crippen LogP) is 13.1. The van der Waals surface area contributed by atoms with Crippen molar-refractivity contribution < 1.29 is 4.42 Å². The minimum atomic E-state index is 0.621. The first kappa shape index (κ1) is 30.0. The fourth-order valence-corrected chi connectivity index (χ4v) is 8.67. The average Bonchev–Trinajstić information content (AvgIpc) is 3.91. The smallest absolute Gasteiger partial charge is 0.235 e. The van der Waals surface area contributed by atoms with Gasteiger partial charge in [0.1, 0.15) is 11.2 Å². The van der Waals surface area contributed by atoms with Crippen LogP contribution in [0.25, 0.3) is 110 Å². The van der Waals surface area contributed by atoms with Gasteiger partial charge in [-0.2, -0.15) is 0 Å². The summed E-state index contributed by atoms with van der Waals surface area (Å²) in [4.78, 5) is 10.7. The third-order valence-electron chi connectivity index (χ3n) is 11.1. The lowest BCUT2D eigenvalue weighted by Gasteiger charge is -2.12. The van der Waals surface area contributed by atoms with Gasteiger partial charge in [-0.1, -0.05) is 115 Å². The van der Waals surface area contributed by atoms with E-state index in [9.17, 15) is 0 Å². The molecule has 5 nitrogen and oxygen atoms in total. The second kappa shape index (κ2) is 11.5. The maximum absolute atomic E-state index is 6.54. The lowest BCUT2D eigenvalue weighted by molar-refractivity contribution is 0.672. The first-order chi connectivity index (χ1) is 27.3. The first-order valence-electron chi connectivity index (χ1n) is 18.6. The Morgan fingerprint density at radius 1 is 0.382 bits per heavy atom. The van der Waals surface area contributed by atoms with E-state index in [1.165, 1.54) is 27.4 Å². The number of hydrogen-bond acceptors (Lipinski definition) is 3. The fourth-order valence-electron chi connectivity index (χ4n) is 8.67. The van der Waals surface area contributed by atoms with Gasteiger partial charge in [0, 0.05) is 43.6 Å². The van der Waals surface area contributed by atoms with Gasteiger partial charge in [-0.25, -0.2) is 9.97 Å². The summed E-state index contributed by atoms with van der Waals surface area (Å²) >= 11 is 0. The SMILES string of the molecule is c1ccc(-c2nc(-n3c4ccccc4c4cc(-c5ccc6c(c5)c5ccccc5n6-c5ccccc5)ccc43)nc3ccc4c5ccccc5oc4c23)cc1. The standard InChI is InChI=1S/C50H30N4O/c1-3-13-31(14-4-1)48-47-41(26-25-38-37-19-9-12-22-46(37)55-49(38)47)51-50(52-48)54-43-21-11-8-18-36(43)40-30-33(24-28-45(40)54)32-23-27-44-39(29-32)35-17-7-10-20-42(35)53(44)34-15-5-2-6-16-34/h1-30H. The Kier molecular flexibility index (Phi) is 6.27. The summed E-state index contributed by atoms with van der Waals surface area (Å²) in [7, 11) is 0. The number of furan rings is 1. The number of hydrogen-bond donors (Lipinski definition) is 0. The summed E-state index contributed by atoms with van der Waals surface area (Å²) in [5, 5.41) is 7.83. The summed E-state index contributed by atoms with van der Waals surface area (Å²) in [6.07, 6.45) is 0. The highest BCUT2D eigenvalue weighted by Crippen LogP contribution is 2.41. The van der Waals surface area contributed by atoms with Crippen molar-refractivity contribution in [2.45, 2.75) is 0 Å². The molecule has 0 saturated carbocycles. The zero-order valence-corrected chi connectivity index (χ0v) is 29.5. The Hall–Kier alpha value is -7.50. The zero-order chi connectivity index (χ0) is 36.0. The third kappa shape index (κ3) is 4.41. The Balaban J connectivity index is 1.08. The van der Waals surface area contributed by atoms with Crippen molar-refractivity contribution in [3.8, 4) is 34.0 Å². The molecule has 0 amide bonds. The highest BCUT2D eigenvalue weighted by molar-refractivity contribution is 6.18. The molecule has 0 aliphatic carbocycles. The van der Waals surface area contributed by atoms with E-state index < -0.39 is 0 Å². The molecule has 0 aliphatic heterocycles. The van der Waals surface area contributed by atoms with Crippen molar-refractivity contribution in [1.82, 2.24) is 19.1 Å². The molecular formula is C50H30N4O. The molecule has 0 saturated heterocycles. The van der Waals surface area contributed by atoms with Crippen LogP contribution in [0.4, 0.5) is 0 Å². The van der Waals surface area contributed by atoms with Gasteiger partial charge >= 0.3 is 0 Å². The van der Waals surface area contributed by atoms with Crippen molar-refractivity contribution in [2.24, 2.45) is 0 Å². The van der Waals surface area contributed by atoms with Crippen LogP contribution in [0.1, 0.15) is 0 Å². The molecule has 5 heteroatoms. The molecule has 0 atom stereocenters. The normalized spacial score (nSPS) is 12.0. The lowest BCUT2D eigenvalue weighted by Crippen LogP contribution is -2.03. The zero-order valence-electron chi connectivity index (χ0n) is 29.5. The molecule has 0 fully saturated rings. The van der Waals surface area contributed by atoms with Gasteiger partial charge in [-0.3, -0.25) is 4.57 Å². The highest BCUT2D eigenvalue weighted by Gasteiger charge is 2.21. The summed E-state index contributed by atoms with van der Waals surface area (Å²) in [6.45, 7) is 0.